The highest BCUT2D eigenvalue weighted by molar-refractivity contribution is 6.30. The maximum atomic E-state index is 13.4. The first kappa shape index (κ1) is 25.5. The smallest absolute Gasteiger partial charge is 0.304 e. The van der Waals surface area contributed by atoms with E-state index in [1.165, 1.54) is 0 Å². The molecule has 7 heteroatoms. The summed E-state index contributed by atoms with van der Waals surface area (Å²) in [6.45, 7) is 4.17. The first-order chi connectivity index (χ1) is 15.6. The third-order valence-corrected chi connectivity index (χ3v) is 7.20. The molecule has 2 aromatic carbocycles. The van der Waals surface area contributed by atoms with Crippen LogP contribution in [0.3, 0.4) is 0 Å². The van der Waals surface area contributed by atoms with Crippen LogP contribution >= 0.6 is 23.2 Å². The maximum Gasteiger partial charge on any atom is 0.304 e. The number of nitrogens with zero attached hydrogens (tertiary/aromatic N) is 1. The van der Waals surface area contributed by atoms with Gasteiger partial charge in [0.15, 0.2) is 0 Å². The summed E-state index contributed by atoms with van der Waals surface area (Å²) in [6, 6.07) is 14.5. The molecule has 3 rings (SSSR count). The van der Waals surface area contributed by atoms with Gasteiger partial charge in [0, 0.05) is 22.5 Å². The van der Waals surface area contributed by atoms with E-state index in [0.717, 1.165) is 11.1 Å². The molecule has 0 spiro atoms. The van der Waals surface area contributed by atoms with E-state index in [1.807, 2.05) is 49.4 Å². The molecule has 5 nitrogen and oxygen atoms in total. The predicted octanol–water partition coefficient (Wildman–Crippen LogP) is 5.56. The Balaban J connectivity index is 1.93. The summed E-state index contributed by atoms with van der Waals surface area (Å²) >= 11 is 12.3. The molecule has 178 valence electrons. The maximum absolute atomic E-state index is 13.4. The molecule has 1 amide bonds. The van der Waals surface area contributed by atoms with Crippen LogP contribution in [0.2, 0.25) is 10.0 Å². The third-order valence-electron chi connectivity index (χ3n) is 6.72. The second kappa shape index (κ2) is 10.9. The number of carbonyl (C=O) groups is 2. The standard InChI is InChI=1S/C26H31Cl2NO4/c1-3-22(29-13-5-12-26(2,25(29)33)16-23(30)31)24(32)21(18-6-4-7-20(28)15-18)14-17-8-10-19(27)11-9-17/h4,6-11,15,21-22,24,32H,3,5,12-14,16H2,1-2H3,(H,30,31)/t21-,22-,24+,26?/m1/s1. The number of halogens is 2. The Morgan fingerprint density at radius 1 is 1.15 bits per heavy atom. The molecule has 33 heavy (non-hydrogen) atoms. The van der Waals surface area contributed by atoms with Gasteiger partial charge in [0.05, 0.1) is 24.0 Å². The van der Waals surface area contributed by atoms with Crippen molar-refractivity contribution in [2.45, 2.75) is 64.0 Å². The molecule has 0 saturated carbocycles. The normalized spacial score (nSPS) is 21.5. The van der Waals surface area contributed by atoms with Crippen LogP contribution in [0, 0.1) is 5.41 Å². The third kappa shape index (κ3) is 6.08. The van der Waals surface area contributed by atoms with Crippen LogP contribution < -0.4 is 0 Å². The SMILES string of the molecule is CC[C@H]([C@@H](O)[C@H](Cc1ccc(Cl)cc1)c1cccc(Cl)c1)N1CCCC(C)(CC(=O)O)C1=O. The largest absolute Gasteiger partial charge is 0.481 e. The van der Waals surface area contributed by atoms with Gasteiger partial charge < -0.3 is 15.1 Å². The van der Waals surface area contributed by atoms with Crippen molar-refractivity contribution in [1.82, 2.24) is 4.90 Å². The second-order valence-corrected chi connectivity index (χ2v) is 10.1. The molecule has 0 bridgehead atoms. The summed E-state index contributed by atoms with van der Waals surface area (Å²) in [5.74, 6) is -1.49. The average molecular weight is 492 g/mol. The summed E-state index contributed by atoms with van der Waals surface area (Å²) in [5.41, 5.74) is 0.944. The molecule has 1 fully saturated rings. The number of rotatable bonds is 9. The van der Waals surface area contributed by atoms with Crippen LogP contribution in [0.15, 0.2) is 48.5 Å². The van der Waals surface area contributed by atoms with E-state index in [4.69, 9.17) is 23.2 Å². The van der Waals surface area contributed by atoms with Gasteiger partial charge >= 0.3 is 5.97 Å². The van der Waals surface area contributed by atoms with Crippen molar-refractivity contribution < 1.29 is 19.8 Å². The van der Waals surface area contributed by atoms with Crippen LogP contribution in [-0.2, 0) is 16.0 Å². The minimum Gasteiger partial charge on any atom is -0.481 e. The molecule has 0 aromatic heterocycles. The molecular formula is C26H31Cl2NO4. The number of hydrogen-bond donors (Lipinski definition) is 2. The molecular weight excluding hydrogens is 461 g/mol. The number of carbonyl (C=O) groups excluding carboxylic acids is 1. The van der Waals surface area contributed by atoms with Crippen molar-refractivity contribution >= 4 is 35.1 Å². The Bertz CT molecular complexity index is 981. The van der Waals surface area contributed by atoms with E-state index >= 15 is 0 Å². The fourth-order valence-corrected chi connectivity index (χ4v) is 5.30. The van der Waals surface area contributed by atoms with Crippen molar-refractivity contribution in [3.63, 3.8) is 0 Å². The molecule has 2 N–H and O–H groups in total. The number of likely N-dealkylation sites (tertiary alicyclic amines) is 1. The molecule has 2 aromatic rings. The summed E-state index contributed by atoms with van der Waals surface area (Å²) < 4.78 is 0. The van der Waals surface area contributed by atoms with Crippen molar-refractivity contribution in [2.75, 3.05) is 6.54 Å². The Kier molecular flexibility index (Phi) is 8.43. The van der Waals surface area contributed by atoms with Gasteiger partial charge in [-0.2, -0.15) is 0 Å². The fraction of sp³-hybridized carbons (Fsp3) is 0.462. The highest BCUT2D eigenvalue weighted by atomic mass is 35.5. The van der Waals surface area contributed by atoms with E-state index in [1.54, 1.807) is 17.9 Å². The highest BCUT2D eigenvalue weighted by Crippen LogP contribution is 2.38. The lowest BCUT2D eigenvalue weighted by atomic mass is 9.76. The van der Waals surface area contributed by atoms with Crippen LogP contribution in [0.4, 0.5) is 0 Å². The van der Waals surface area contributed by atoms with E-state index in [0.29, 0.717) is 42.3 Å². The van der Waals surface area contributed by atoms with Crippen LogP contribution in [0.1, 0.15) is 56.6 Å². The number of aliphatic carboxylic acids is 1. The lowest BCUT2D eigenvalue weighted by Gasteiger charge is -2.45. The molecule has 0 radical (unpaired) electrons. The second-order valence-electron chi connectivity index (χ2n) is 9.19. The number of hydrogen-bond acceptors (Lipinski definition) is 3. The summed E-state index contributed by atoms with van der Waals surface area (Å²) in [6.07, 6.45) is 1.26. The van der Waals surface area contributed by atoms with Crippen molar-refractivity contribution in [3.05, 3.63) is 69.7 Å². The molecule has 4 atom stereocenters. The van der Waals surface area contributed by atoms with Gasteiger partial charge in [0.25, 0.3) is 0 Å². The summed E-state index contributed by atoms with van der Waals surface area (Å²) in [4.78, 5) is 26.5. The van der Waals surface area contributed by atoms with Crippen LogP contribution in [-0.4, -0.2) is 45.7 Å². The monoisotopic (exact) mass is 491 g/mol. The quantitative estimate of drug-likeness (QED) is 0.480. The zero-order valence-corrected chi connectivity index (χ0v) is 20.5. The number of piperidine rings is 1. The van der Waals surface area contributed by atoms with Crippen molar-refractivity contribution in [1.29, 1.82) is 0 Å². The molecule has 0 aliphatic carbocycles. The minimum atomic E-state index is -0.985. The van der Waals surface area contributed by atoms with Gasteiger partial charge in [-0.25, -0.2) is 0 Å². The number of aliphatic hydroxyl groups is 1. The Morgan fingerprint density at radius 3 is 2.45 bits per heavy atom. The van der Waals surface area contributed by atoms with E-state index in [-0.39, 0.29) is 18.2 Å². The van der Waals surface area contributed by atoms with Gasteiger partial charge in [0.2, 0.25) is 5.91 Å². The Labute approximate surface area is 205 Å². The van der Waals surface area contributed by atoms with Crippen molar-refractivity contribution in [2.24, 2.45) is 5.41 Å². The van der Waals surface area contributed by atoms with Crippen LogP contribution in [0.5, 0.6) is 0 Å². The van der Waals surface area contributed by atoms with Gasteiger partial charge in [-0.15, -0.1) is 0 Å². The average Bonchev–Trinajstić information content (AvgIpc) is 2.76. The van der Waals surface area contributed by atoms with Crippen LogP contribution in [0.25, 0.3) is 0 Å². The molecule has 1 aliphatic heterocycles. The van der Waals surface area contributed by atoms with E-state index < -0.39 is 23.5 Å². The Hall–Kier alpha value is -2.08. The van der Waals surface area contributed by atoms with Crippen molar-refractivity contribution in [3.8, 4) is 0 Å². The Morgan fingerprint density at radius 2 is 1.85 bits per heavy atom. The molecule has 1 unspecified atom stereocenters. The van der Waals surface area contributed by atoms with Gasteiger partial charge in [-0.1, -0.05) is 61.3 Å². The molecule has 1 saturated heterocycles. The van der Waals surface area contributed by atoms with E-state index in [2.05, 4.69) is 0 Å². The lowest BCUT2D eigenvalue weighted by molar-refractivity contribution is -0.157. The summed E-state index contributed by atoms with van der Waals surface area (Å²) in [5, 5.41) is 22.2. The van der Waals surface area contributed by atoms with Gasteiger partial charge in [0.1, 0.15) is 0 Å². The minimum absolute atomic E-state index is 0.196. The topological polar surface area (TPSA) is 77.8 Å². The number of carboxylic acids is 1. The predicted molar refractivity (Wildman–Crippen MR) is 131 cm³/mol. The zero-order chi connectivity index (χ0) is 24.2. The highest BCUT2D eigenvalue weighted by Gasteiger charge is 2.45. The molecule has 1 aliphatic rings. The van der Waals surface area contributed by atoms with Gasteiger partial charge in [-0.3, -0.25) is 9.59 Å². The zero-order valence-electron chi connectivity index (χ0n) is 19.0. The van der Waals surface area contributed by atoms with Gasteiger partial charge in [-0.05, 0) is 61.1 Å². The van der Waals surface area contributed by atoms with E-state index in [9.17, 15) is 19.8 Å². The number of benzene rings is 2. The number of aliphatic hydroxyl groups excluding tert-OH is 1. The number of amides is 1. The first-order valence-corrected chi connectivity index (χ1v) is 12.1. The molecule has 1 heterocycles. The summed E-state index contributed by atoms with van der Waals surface area (Å²) in [7, 11) is 0. The fourth-order valence-electron chi connectivity index (χ4n) is 4.97. The first-order valence-electron chi connectivity index (χ1n) is 11.4. The number of carboxylic acid groups (broad SMARTS) is 1. The lowest BCUT2D eigenvalue weighted by Crippen LogP contribution is -2.56.